The van der Waals surface area contributed by atoms with Gasteiger partial charge in [0.15, 0.2) is 5.65 Å². The van der Waals surface area contributed by atoms with E-state index in [2.05, 4.69) is 10.2 Å². The molecule has 1 saturated heterocycles. The number of rotatable bonds is 4. The van der Waals surface area contributed by atoms with Gasteiger partial charge in [0.05, 0.1) is 12.1 Å². The van der Waals surface area contributed by atoms with Crippen LogP contribution in [0.4, 0.5) is 0 Å². The number of benzene rings is 1. The molecule has 7 nitrogen and oxygen atoms in total. The fourth-order valence-corrected chi connectivity index (χ4v) is 4.48. The number of halogens is 1. The number of hydrogen-bond acceptors (Lipinski definition) is 4. The highest BCUT2D eigenvalue weighted by Crippen LogP contribution is 2.27. The van der Waals surface area contributed by atoms with E-state index in [9.17, 15) is 9.59 Å². The topological polar surface area (TPSA) is 72.5 Å². The molecular formula is C24H22ClN5O2. The summed E-state index contributed by atoms with van der Waals surface area (Å²) in [7, 11) is 0. The van der Waals surface area contributed by atoms with Crippen molar-refractivity contribution in [1.29, 1.82) is 0 Å². The van der Waals surface area contributed by atoms with E-state index in [-0.39, 0.29) is 17.4 Å². The molecule has 0 saturated carbocycles. The van der Waals surface area contributed by atoms with Crippen LogP contribution in [0.25, 0.3) is 5.65 Å². The van der Waals surface area contributed by atoms with Gasteiger partial charge in [-0.05, 0) is 42.7 Å². The van der Waals surface area contributed by atoms with E-state index in [1.807, 2.05) is 51.9 Å². The van der Waals surface area contributed by atoms with Crippen LogP contribution in [0.1, 0.15) is 40.5 Å². The molecule has 1 aliphatic heterocycles. The molecular weight excluding hydrogens is 426 g/mol. The number of carbonyl (C=O) groups is 1. The molecule has 5 rings (SSSR count). The van der Waals surface area contributed by atoms with Crippen molar-refractivity contribution in [3.63, 3.8) is 0 Å². The molecule has 162 valence electrons. The van der Waals surface area contributed by atoms with E-state index in [0.717, 1.165) is 29.9 Å². The number of pyridine rings is 2. The van der Waals surface area contributed by atoms with Gasteiger partial charge in [-0.15, -0.1) is 10.2 Å². The summed E-state index contributed by atoms with van der Waals surface area (Å²) in [4.78, 5) is 27.5. The monoisotopic (exact) mass is 447 g/mol. The van der Waals surface area contributed by atoms with Crippen LogP contribution in [-0.2, 0) is 6.54 Å². The van der Waals surface area contributed by atoms with Crippen LogP contribution in [0, 0.1) is 0 Å². The van der Waals surface area contributed by atoms with Crippen LogP contribution in [-0.4, -0.2) is 43.1 Å². The molecule has 0 N–H and O–H groups in total. The van der Waals surface area contributed by atoms with Gasteiger partial charge < -0.3 is 9.47 Å². The molecule has 0 bridgehead atoms. The Labute approximate surface area is 189 Å². The number of hydrogen-bond donors (Lipinski definition) is 0. The van der Waals surface area contributed by atoms with Gasteiger partial charge in [0, 0.05) is 42.5 Å². The van der Waals surface area contributed by atoms with Crippen LogP contribution in [0.3, 0.4) is 0 Å². The van der Waals surface area contributed by atoms with Crippen molar-refractivity contribution in [3.05, 3.63) is 99.3 Å². The van der Waals surface area contributed by atoms with Gasteiger partial charge in [0.2, 0.25) is 0 Å². The van der Waals surface area contributed by atoms with E-state index in [1.165, 1.54) is 10.6 Å². The van der Waals surface area contributed by atoms with Crippen molar-refractivity contribution in [3.8, 4) is 0 Å². The highest BCUT2D eigenvalue weighted by Gasteiger charge is 2.28. The van der Waals surface area contributed by atoms with Gasteiger partial charge in [-0.1, -0.05) is 35.9 Å². The molecule has 1 atom stereocenters. The second kappa shape index (κ2) is 8.59. The molecule has 0 spiro atoms. The van der Waals surface area contributed by atoms with Gasteiger partial charge >= 0.3 is 0 Å². The van der Waals surface area contributed by atoms with Crippen LogP contribution in [0.5, 0.6) is 0 Å². The smallest absolute Gasteiger partial charge is 0.255 e. The van der Waals surface area contributed by atoms with E-state index < -0.39 is 0 Å². The van der Waals surface area contributed by atoms with Gasteiger partial charge in [-0.3, -0.25) is 14.0 Å². The minimum Gasteiger partial charge on any atom is -0.338 e. The predicted molar refractivity (Wildman–Crippen MR) is 122 cm³/mol. The summed E-state index contributed by atoms with van der Waals surface area (Å²) in [6.07, 6.45) is 5.42. The summed E-state index contributed by atoms with van der Waals surface area (Å²) in [6.45, 7) is 1.56. The molecule has 4 heterocycles. The summed E-state index contributed by atoms with van der Waals surface area (Å²) in [5.74, 6) is 0.900. The highest BCUT2D eigenvalue weighted by atomic mass is 35.5. The van der Waals surface area contributed by atoms with Gasteiger partial charge in [0.1, 0.15) is 5.82 Å². The Bertz CT molecular complexity index is 1350. The molecule has 1 unspecified atom stereocenters. The lowest BCUT2D eigenvalue weighted by Crippen LogP contribution is -2.40. The van der Waals surface area contributed by atoms with Gasteiger partial charge in [-0.25, -0.2) is 0 Å². The molecule has 32 heavy (non-hydrogen) atoms. The molecule has 0 aliphatic carbocycles. The first-order chi connectivity index (χ1) is 15.6. The third kappa shape index (κ3) is 3.91. The molecule has 1 aliphatic rings. The first-order valence-electron chi connectivity index (χ1n) is 10.6. The van der Waals surface area contributed by atoms with Crippen molar-refractivity contribution >= 4 is 23.2 Å². The van der Waals surface area contributed by atoms with E-state index >= 15 is 0 Å². The molecule has 1 amide bonds. The van der Waals surface area contributed by atoms with Crippen molar-refractivity contribution in [2.45, 2.75) is 25.3 Å². The zero-order valence-corrected chi connectivity index (χ0v) is 18.2. The average Bonchev–Trinajstić information content (AvgIpc) is 3.26. The lowest BCUT2D eigenvalue weighted by atomic mass is 9.96. The maximum Gasteiger partial charge on any atom is 0.255 e. The van der Waals surface area contributed by atoms with Crippen molar-refractivity contribution in [1.82, 2.24) is 24.1 Å². The van der Waals surface area contributed by atoms with Crippen LogP contribution < -0.4 is 5.56 Å². The Morgan fingerprint density at radius 1 is 1.06 bits per heavy atom. The number of aromatic nitrogens is 4. The van der Waals surface area contributed by atoms with Gasteiger partial charge in [0.25, 0.3) is 11.5 Å². The Morgan fingerprint density at radius 2 is 1.91 bits per heavy atom. The number of likely N-dealkylation sites (tertiary alicyclic amines) is 1. The van der Waals surface area contributed by atoms with Crippen LogP contribution >= 0.6 is 11.6 Å². The Balaban J connectivity index is 1.38. The standard InChI is InChI=1S/C24H22ClN5O2/c25-20-8-2-1-6-17(20)14-29-16-19(10-11-22(29)31)24(32)28-12-5-7-18(15-28)23-27-26-21-9-3-4-13-30(21)23/h1-4,6,8-11,13,16,18H,5,7,12,14-15H2. The number of carbonyl (C=O) groups excluding carboxylic acids is 1. The van der Waals surface area contributed by atoms with Gasteiger partial charge in [-0.2, -0.15) is 0 Å². The molecule has 1 fully saturated rings. The van der Waals surface area contributed by atoms with E-state index in [4.69, 9.17) is 11.6 Å². The summed E-state index contributed by atoms with van der Waals surface area (Å²) in [5.41, 5.74) is 1.95. The van der Waals surface area contributed by atoms with Crippen LogP contribution in [0.2, 0.25) is 5.02 Å². The Kier molecular flexibility index (Phi) is 5.49. The third-order valence-corrected chi connectivity index (χ3v) is 6.31. The zero-order valence-electron chi connectivity index (χ0n) is 17.4. The number of fused-ring (bicyclic) bond motifs is 1. The minimum absolute atomic E-state index is 0.0866. The second-order valence-corrected chi connectivity index (χ2v) is 8.46. The predicted octanol–water partition coefficient (Wildman–Crippen LogP) is 3.61. The molecule has 8 heteroatoms. The highest BCUT2D eigenvalue weighted by molar-refractivity contribution is 6.31. The van der Waals surface area contributed by atoms with Crippen molar-refractivity contribution < 1.29 is 4.79 Å². The minimum atomic E-state index is -0.173. The van der Waals surface area contributed by atoms with Crippen molar-refractivity contribution in [2.75, 3.05) is 13.1 Å². The SMILES string of the molecule is O=C(c1ccc(=O)n(Cc2ccccc2Cl)c1)N1CCCC(c2nnc3ccccn23)C1. The number of nitrogens with zero attached hydrogens (tertiary/aromatic N) is 5. The Hall–Kier alpha value is -3.45. The zero-order chi connectivity index (χ0) is 22.1. The first-order valence-corrected chi connectivity index (χ1v) is 11.0. The Morgan fingerprint density at radius 3 is 2.78 bits per heavy atom. The summed E-state index contributed by atoms with van der Waals surface area (Å²) in [6, 6.07) is 16.2. The molecule has 1 aromatic carbocycles. The number of piperidine rings is 1. The quantitative estimate of drug-likeness (QED) is 0.479. The summed E-state index contributed by atoms with van der Waals surface area (Å²) in [5, 5.41) is 9.23. The maximum atomic E-state index is 13.3. The lowest BCUT2D eigenvalue weighted by Gasteiger charge is -2.32. The summed E-state index contributed by atoms with van der Waals surface area (Å²) >= 11 is 6.25. The second-order valence-electron chi connectivity index (χ2n) is 8.05. The van der Waals surface area contributed by atoms with E-state index in [1.54, 1.807) is 18.3 Å². The molecule has 3 aromatic heterocycles. The average molecular weight is 448 g/mol. The largest absolute Gasteiger partial charge is 0.338 e. The maximum absolute atomic E-state index is 13.3. The first kappa shape index (κ1) is 20.5. The third-order valence-electron chi connectivity index (χ3n) is 5.94. The van der Waals surface area contributed by atoms with Crippen molar-refractivity contribution in [2.24, 2.45) is 0 Å². The molecule has 4 aromatic rings. The van der Waals surface area contributed by atoms with E-state index in [0.29, 0.717) is 30.2 Å². The molecule has 0 radical (unpaired) electrons. The normalized spacial score (nSPS) is 16.4. The lowest BCUT2D eigenvalue weighted by molar-refractivity contribution is 0.0703. The van der Waals surface area contributed by atoms with Crippen LogP contribution in [0.15, 0.2) is 71.8 Å². The fraction of sp³-hybridized carbons (Fsp3) is 0.250. The number of amides is 1. The fourth-order valence-electron chi connectivity index (χ4n) is 4.28. The summed E-state index contributed by atoms with van der Waals surface area (Å²) < 4.78 is 3.52.